The molecule has 0 bridgehead atoms. The number of aryl methyl sites for hydroxylation is 2. The van der Waals surface area contributed by atoms with Crippen LogP contribution in [0.5, 0.6) is 5.75 Å². The lowest BCUT2D eigenvalue weighted by Crippen LogP contribution is -2.09. The molecule has 0 heterocycles. The molecule has 3 N–H and O–H groups in total. The minimum Gasteiger partial charge on any atom is -0.493 e. The van der Waals surface area contributed by atoms with Gasteiger partial charge in [-0.25, -0.2) is 0 Å². The predicted molar refractivity (Wildman–Crippen MR) is 71.9 cm³/mol. The Balaban J connectivity index is 2.46. The molecule has 0 radical (unpaired) electrons. The first kappa shape index (κ1) is 13.6. The van der Waals surface area contributed by atoms with Gasteiger partial charge in [-0.15, -0.1) is 0 Å². The number of amidine groups is 1. The van der Waals surface area contributed by atoms with E-state index >= 15 is 0 Å². The van der Waals surface area contributed by atoms with Gasteiger partial charge < -0.3 is 10.5 Å². The topological polar surface area (TPSA) is 59.1 Å². The van der Waals surface area contributed by atoms with Gasteiger partial charge in [0.1, 0.15) is 5.75 Å². The zero-order valence-electron chi connectivity index (χ0n) is 11.0. The second-order valence-corrected chi connectivity index (χ2v) is 4.48. The van der Waals surface area contributed by atoms with Crippen LogP contribution in [0.3, 0.4) is 0 Å². The van der Waals surface area contributed by atoms with Crippen LogP contribution in [-0.4, -0.2) is 12.4 Å². The van der Waals surface area contributed by atoms with Crippen LogP contribution < -0.4 is 10.5 Å². The fourth-order valence-corrected chi connectivity index (χ4v) is 1.74. The molecule has 0 unspecified atom stereocenters. The van der Waals surface area contributed by atoms with E-state index < -0.39 is 0 Å². The highest BCUT2D eigenvalue weighted by atomic mass is 16.5. The van der Waals surface area contributed by atoms with E-state index in [1.807, 2.05) is 0 Å². The summed E-state index contributed by atoms with van der Waals surface area (Å²) < 4.78 is 5.82. The molecule has 0 atom stereocenters. The van der Waals surface area contributed by atoms with E-state index in [0.717, 1.165) is 18.6 Å². The van der Waals surface area contributed by atoms with Crippen LogP contribution >= 0.6 is 0 Å². The number of benzene rings is 1. The Labute approximate surface area is 103 Å². The van der Waals surface area contributed by atoms with E-state index in [4.69, 9.17) is 15.9 Å². The second-order valence-electron chi connectivity index (χ2n) is 4.48. The summed E-state index contributed by atoms with van der Waals surface area (Å²) in [6.07, 6.45) is 2.51. The van der Waals surface area contributed by atoms with Crippen molar-refractivity contribution < 1.29 is 4.74 Å². The molecule has 1 rings (SSSR count). The van der Waals surface area contributed by atoms with Gasteiger partial charge in [-0.2, -0.15) is 0 Å². The summed E-state index contributed by atoms with van der Waals surface area (Å²) >= 11 is 0. The summed E-state index contributed by atoms with van der Waals surface area (Å²) in [5, 5.41) is 7.13. The van der Waals surface area contributed by atoms with Crippen molar-refractivity contribution in [2.75, 3.05) is 6.61 Å². The SMILES string of the molecule is Cc1ccc(C)c(OCCCCC(=N)N)c1C. The van der Waals surface area contributed by atoms with Crippen molar-refractivity contribution >= 4 is 5.84 Å². The molecule has 0 spiro atoms. The average Bonchev–Trinajstić information content (AvgIpc) is 2.27. The van der Waals surface area contributed by atoms with Crippen LogP contribution in [-0.2, 0) is 0 Å². The van der Waals surface area contributed by atoms with Crippen molar-refractivity contribution in [1.82, 2.24) is 0 Å². The Morgan fingerprint density at radius 2 is 1.82 bits per heavy atom. The molecule has 0 aliphatic rings. The van der Waals surface area contributed by atoms with Crippen LogP contribution in [0.15, 0.2) is 12.1 Å². The smallest absolute Gasteiger partial charge is 0.125 e. The number of nitrogens with two attached hydrogens (primary N) is 1. The Hall–Kier alpha value is -1.51. The predicted octanol–water partition coefficient (Wildman–Crippen LogP) is 3.10. The fraction of sp³-hybridized carbons (Fsp3) is 0.500. The summed E-state index contributed by atoms with van der Waals surface area (Å²) in [4.78, 5) is 0. The zero-order valence-corrected chi connectivity index (χ0v) is 11.0. The van der Waals surface area contributed by atoms with Gasteiger partial charge in [0.25, 0.3) is 0 Å². The third kappa shape index (κ3) is 4.10. The molecule has 0 saturated carbocycles. The number of nitrogens with one attached hydrogen (secondary N) is 1. The van der Waals surface area contributed by atoms with E-state index in [1.54, 1.807) is 0 Å². The number of hydrogen-bond acceptors (Lipinski definition) is 2. The number of unbranched alkanes of at least 4 members (excludes halogenated alkanes) is 1. The quantitative estimate of drug-likeness (QED) is 0.451. The molecular formula is C14H22N2O. The molecule has 94 valence electrons. The van der Waals surface area contributed by atoms with Crippen LogP contribution in [0.4, 0.5) is 0 Å². The monoisotopic (exact) mass is 234 g/mol. The summed E-state index contributed by atoms with van der Waals surface area (Å²) in [6, 6.07) is 4.21. The van der Waals surface area contributed by atoms with Gasteiger partial charge in [-0.1, -0.05) is 12.1 Å². The number of ether oxygens (including phenoxy) is 1. The Morgan fingerprint density at radius 1 is 1.18 bits per heavy atom. The summed E-state index contributed by atoms with van der Waals surface area (Å²) in [5.41, 5.74) is 8.95. The third-order valence-electron chi connectivity index (χ3n) is 2.96. The van der Waals surface area contributed by atoms with Crippen molar-refractivity contribution in [1.29, 1.82) is 5.41 Å². The molecule has 0 aromatic heterocycles. The van der Waals surface area contributed by atoms with Crippen LogP contribution in [0.1, 0.15) is 36.0 Å². The lowest BCUT2D eigenvalue weighted by Gasteiger charge is -2.13. The third-order valence-corrected chi connectivity index (χ3v) is 2.96. The highest BCUT2D eigenvalue weighted by Gasteiger charge is 2.05. The molecule has 0 aliphatic carbocycles. The summed E-state index contributed by atoms with van der Waals surface area (Å²) in [5.74, 6) is 1.26. The second kappa shape index (κ2) is 6.28. The first-order chi connectivity index (χ1) is 8.02. The standard InChI is InChI=1S/C14H22N2O/c1-10-7-8-11(2)14(12(10)3)17-9-5-4-6-13(15)16/h7-8H,4-6,9H2,1-3H3,(H3,15,16). The van der Waals surface area contributed by atoms with E-state index in [-0.39, 0.29) is 5.84 Å². The maximum atomic E-state index is 7.13. The number of hydrogen-bond donors (Lipinski definition) is 2. The maximum absolute atomic E-state index is 7.13. The first-order valence-corrected chi connectivity index (χ1v) is 6.05. The molecular weight excluding hydrogens is 212 g/mol. The molecule has 0 fully saturated rings. The molecule has 1 aromatic carbocycles. The highest BCUT2D eigenvalue weighted by Crippen LogP contribution is 2.25. The molecule has 0 amide bonds. The van der Waals surface area contributed by atoms with E-state index in [1.165, 1.54) is 16.7 Å². The van der Waals surface area contributed by atoms with Crippen molar-refractivity contribution in [2.45, 2.75) is 40.0 Å². The molecule has 17 heavy (non-hydrogen) atoms. The first-order valence-electron chi connectivity index (χ1n) is 6.05. The van der Waals surface area contributed by atoms with Crippen molar-refractivity contribution in [2.24, 2.45) is 5.73 Å². The molecule has 3 nitrogen and oxygen atoms in total. The lowest BCUT2D eigenvalue weighted by atomic mass is 10.1. The van der Waals surface area contributed by atoms with Gasteiger partial charge in [-0.05, 0) is 50.3 Å². The van der Waals surface area contributed by atoms with Crippen molar-refractivity contribution in [3.05, 3.63) is 28.8 Å². The highest BCUT2D eigenvalue weighted by molar-refractivity contribution is 5.76. The van der Waals surface area contributed by atoms with Crippen LogP contribution in [0.25, 0.3) is 0 Å². The van der Waals surface area contributed by atoms with E-state index in [2.05, 4.69) is 32.9 Å². The Bertz CT molecular complexity index is 399. The van der Waals surface area contributed by atoms with Gasteiger partial charge in [0, 0.05) is 6.42 Å². The van der Waals surface area contributed by atoms with E-state index in [0.29, 0.717) is 13.0 Å². The zero-order chi connectivity index (χ0) is 12.8. The van der Waals surface area contributed by atoms with Gasteiger partial charge in [-0.3, -0.25) is 5.41 Å². The minimum absolute atomic E-state index is 0.257. The fourth-order valence-electron chi connectivity index (χ4n) is 1.74. The van der Waals surface area contributed by atoms with Gasteiger partial charge in [0.05, 0.1) is 12.4 Å². The van der Waals surface area contributed by atoms with Crippen LogP contribution in [0.2, 0.25) is 0 Å². The minimum atomic E-state index is 0.257. The molecule has 3 heteroatoms. The van der Waals surface area contributed by atoms with Gasteiger partial charge in [0.15, 0.2) is 0 Å². The maximum Gasteiger partial charge on any atom is 0.125 e. The van der Waals surface area contributed by atoms with Crippen LogP contribution in [0, 0.1) is 26.2 Å². The molecule has 1 aromatic rings. The summed E-state index contributed by atoms with van der Waals surface area (Å²) in [7, 11) is 0. The van der Waals surface area contributed by atoms with Gasteiger partial charge in [0.2, 0.25) is 0 Å². The lowest BCUT2D eigenvalue weighted by molar-refractivity contribution is 0.303. The molecule has 0 saturated heterocycles. The van der Waals surface area contributed by atoms with Gasteiger partial charge >= 0.3 is 0 Å². The van der Waals surface area contributed by atoms with Crippen molar-refractivity contribution in [3.63, 3.8) is 0 Å². The average molecular weight is 234 g/mol. The molecule has 0 aliphatic heterocycles. The Kier molecular flexibility index (Phi) is 5.01. The number of rotatable bonds is 6. The Morgan fingerprint density at radius 3 is 2.47 bits per heavy atom. The normalized spacial score (nSPS) is 10.3. The van der Waals surface area contributed by atoms with E-state index in [9.17, 15) is 0 Å². The largest absolute Gasteiger partial charge is 0.493 e. The summed E-state index contributed by atoms with van der Waals surface area (Å²) in [6.45, 7) is 6.94. The van der Waals surface area contributed by atoms with Crippen molar-refractivity contribution in [3.8, 4) is 5.75 Å².